The standard InChI is InChI=1S/C22H23N3O2S/c1-15(2)12-25-14-23-21-20(22(25)27)17-10-11-24(13-18(17)28-21)19(26)9-8-16-6-4-3-5-7-16/h3-9,14-15H,10-13H2,1-2H3/b9-8+. The van der Waals surface area contributed by atoms with Crippen molar-refractivity contribution in [2.75, 3.05) is 6.54 Å². The second-order valence-electron chi connectivity index (χ2n) is 7.53. The molecule has 0 saturated heterocycles. The van der Waals surface area contributed by atoms with E-state index in [1.54, 1.807) is 17.0 Å². The van der Waals surface area contributed by atoms with Gasteiger partial charge in [0, 0.05) is 24.0 Å². The number of hydrogen-bond donors (Lipinski definition) is 0. The van der Waals surface area contributed by atoms with Gasteiger partial charge in [-0.2, -0.15) is 0 Å². The van der Waals surface area contributed by atoms with Crippen molar-refractivity contribution in [2.45, 2.75) is 33.4 Å². The zero-order chi connectivity index (χ0) is 19.7. The Morgan fingerprint density at radius 2 is 2.07 bits per heavy atom. The summed E-state index contributed by atoms with van der Waals surface area (Å²) in [4.78, 5) is 33.7. The predicted octanol–water partition coefficient (Wildman–Crippen LogP) is 3.71. The van der Waals surface area contributed by atoms with E-state index in [0.29, 0.717) is 32.0 Å². The molecule has 0 saturated carbocycles. The van der Waals surface area contributed by atoms with Gasteiger partial charge in [-0.1, -0.05) is 44.2 Å². The Kier molecular flexibility index (Phi) is 5.13. The molecule has 144 valence electrons. The highest BCUT2D eigenvalue weighted by Gasteiger charge is 2.25. The van der Waals surface area contributed by atoms with Crippen LogP contribution in [-0.4, -0.2) is 26.9 Å². The summed E-state index contributed by atoms with van der Waals surface area (Å²) in [5, 5.41) is 0.745. The molecule has 0 unspecified atom stereocenters. The Labute approximate surface area is 167 Å². The van der Waals surface area contributed by atoms with Gasteiger partial charge < -0.3 is 4.90 Å². The summed E-state index contributed by atoms with van der Waals surface area (Å²) in [6, 6.07) is 9.80. The molecule has 3 heterocycles. The normalized spacial score (nSPS) is 14.2. The zero-order valence-corrected chi connectivity index (χ0v) is 16.9. The van der Waals surface area contributed by atoms with E-state index in [2.05, 4.69) is 18.8 Å². The Morgan fingerprint density at radius 1 is 1.29 bits per heavy atom. The minimum Gasteiger partial charge on any atom is -0.334 e. The Bertz CT molecular complexity index is 1100. The number of hydrogen-bond acceptors (Lipinski definition) is 4. The highest BCUT2D eigenvalue weighted by atomic mass is 32.1. The fourth-order valence-corrected chi connectivity index (χ4v) is 4.76. The molecule has 1 aliphatic rings. The van der Waals surface area contributed by atoms with Crippen LogP contribution in [0.3, 0.4) is 0 Å². The monoisotopic (exact) mass is 393 g/mol. The molecule has 5 nitrogen and oxygen atoms in total. The quantitative estimate of drug-likeness (QED) is 0.635. The number of aromatic nitrogens is 2. The van der Waals surface area contributed by atoms with Gasteiger partial charge in [-0.3, -0.25) is 14.2 Å². The molecule has 1 aliphatic heterocycles. The Morgan fingerprint density at radius 3 is 2.82 bits per heavy atom. The largest absolute Gasteiger partial charge is 0.334 e. The van der Waals surface area contributed by atoms with Crippen LogP contribution in [0.2, 0.25) is 0 Å². The van der Waals surface area contributed by atoms with E-state index in [4.69, 9.17) is 0 Å². The highest BCUT2D eigenvalue weighted by molar-refractivity contribution is 7.18. The predicted molar refractivity (Wildman–Crippen MR) is 113 cm³/mol. The molecule has 0 bridgehead atoms. The van der Waals surface area contributed by atoms with Crippen LogP contribution < -0.4 is 5.56 Å². The van der Waals surface area contributed by atoms with Gasteiger partial charge in [0.25, 0.3) is 5.56 Å². The Hall–Kier alpha value is -2.73. The first-order chi connectivity index (χ1) is 13.5. The number of thiophene rings is 1. The fraction of sp³-hybridized carbons (Fsp3) is 0.318. The van der Waals surface area contributed by atoms with Gasteiger partial charge >= 0.3 is 0 Å². The molecule has 0 radical (unpaired) electrons. The third-order valence-electron chi connectivity index (χ3n) is 4.92. The fourth-order valence-electron chi connectivity index (χ4n) is 3.57. The van der Waals surface area contributed by atoms with Crippen LogP contribution in [0.5, 0.6) is 0 Å². The van der Waals surface area contributed by atoms with Gasteiger partial charge in [0.05, 0.1) is 18.3 Å². The molecular formula is C22H23N3O2S. The van der Waals surface area contributed by atoms with Crippen LogP contribution in [-0.2, 0) is 24.3 Å². The van der Waals surface area contributed by atoms with E-state index in [1.165, 1.54) is 11.3 Å². The van der Waals surface area contributed by atoms with Crippen LogP contribution in [0.4, 0.5) is 0 Å². The second-order valence-corrected chi connectivity index (χ2v) is 8.62. The summed E-state index contributed by atoms with van der Waals surface area (Å²) in [5.41, 5.74) is 2.12. The van der Waals surface area contributed by atoms with Crippen molar-refractivity contribution < 1.29 is 4.79 Å². The minimum atomic E-state index is -0.00265. The van der Waals surface area contributed by atoms with E-state index in [0.717, 1.165) is 26.2 Å². The van der Waals surface area contributed by atoms with Crippen molar-refractivity contribution in [1.29, 1.82) is 0 Å². The summed E-state index contributed by atoms with van der Waals surface area (Å²) >= 11 is 1.53. The maximum Gasteiger partial charge on any atom is 0.262 e. The summed E-state index contributed by atoms with van der Waals surface area (Å²) < 4.78 is 1.71. The number of carbonyl (C=O) groups is 1. The van der Waals surface area contributed by atoms with Gasteiger partial charge in [0.15, 0.2) is 0 Å². The van der Waals surface area contributed by atoms with Crippen LogP contribution in [0.25, 0.3) is 16.3 Å². The van der Waals surface area contributed by atoms with E-state index >= 15 is 0 Å². The third kappa shape index (κ3) is 3.64. The van der Waals surface area contributed by atoms with Crippen LogP contribution in [0.15, 0.2) is 47.5 Å². The third-order valence-corrected chi connectivity index (χ3v) is 6.04. The molecule has 28 heavy (non-hydrogen) atoms. The first-order valence-electron chi connectivity index (χ1n) is 9.54. The van der Waals surface area contributed by atoms with Crippen molar-refractivity contribution in [1.82, 2.24) is 14.5 Å². The number of rotatable bonds is 4. The number of carbonyl (C=O) groups excluding carboxylic acids is 1. The lowest BCUT2D eigenvalue weighted by molar-refractivity contribution is -0.126. The van der Waals surface area contributed by atoms with Gasteiger partial charge in [-0.25, -0.2) is 4.98 Å². The summed E-state index contributed by atoms with van der Waals surface area (Å²) in [6.07, 6.45) is 5.82. The van der Waals surface area contributed by atoms with Crippen molar-refractivity contribution in [3.05, 3.63) is 69.1 Å². The van der Waals surface area contributed by atoms with Crippen LogP contribution >= 0.6 is 11.3 Å². The number of fused-ring (bicyclic) bond motifs is 3. The van der Waals surface area contributed by atoms with E-state index < -0.39 is 0 Å². The molecule has 0 atom stereocenters. The molecule has 1 amide bonds. The van der Waals surface area contributed by atoms with Gasteiger partial charge in [-0.05, 0) is 29.5 Å². The molecule has 6 heteroatoms. The average Bonchev–Trinajstić information content (AvgIpc) is 3.07. The van der Waals surface area contributed by atoms with Crippen LogP contribution in [0.1, 0.15) is 29.9 Å². The van der Waals surface area contributed by atoms with Crippen molar-refractivity contribution >= 4 is 33.5 Å². The molecule has 2 aromatic heterocycles. The first-order valence-corrected chi connectivity index (χ1v) is 10.4. The molecular weight excluding hydrogens is 370 g/mol. The molecule has 0 N–H and O–H groups in total. The van der Waals surface area contributed by atoms with Gasteiger partial charge in [0.2, 0.25) is 5.91 Å². The lowest BCUT2D eigenvalue weighted by atomic mass is 10.1. The van der Waals surface area contributed by atoms with Gasteiger partial charge in [-0.15, -0.1) is 11.3 Å². The lowest BCUT2D eigenvalue weighted by Gasteiger charge is -2.25. The second kappa shape index (κ2) is 7.72. The molecule has 0 aliphatic carbocycles. The van der Waals surface area contributed by atoms with E-state index in [1.807, 2.05) is 41.3 Å². The molecule has 3 aromatic rings. The van der Waals surface area contributed by atoms with E-state index in [-0.39, 0.29) is 11.5 Å². The SMILES string of the molecule is CC(C)Cn1cnc2sc3c(c2c1=O)CCN(C(=O)/C=C/c1ccccc1)C3. The number of nitrogens with zero attached hydrogens (tertiary/aromatic N) is 3. The van der Waals surface area contributed by atoms with E-state index in [9.17, 15) is 9.59 Å². The number of amides is 1. The smallest absolute Gasteiger partial charge is 0.262 e. The lowest BCUT2D eigenvalue weighted by Crippen LogP contribution is -2.34. The topological polar surface area (TPSA) is 55.2 Å². The highest BCUT2D eigenvalue weighted by Crippen LogP contribution is 2.32. The first kappa shape index (κ1) is 18.6. The zero-order valence-electron chi connectivity index (χ0n) is 16.1. The minimum absolute atomic E-state index is 0.00265. The maximum absolute atomic E-state index is 12.9. The summed E-state index contributed by atoms with van der Waals surface area (Å²) in [5.74, 6) is 0.382. The average molecular weight is 394 g/mol. The van der Waals surface area contributed by atoms with Crippen molar-refractivity contribution in [3.8, 4) is 0 Å². The summed E-state index contributed by atoms with van der Waals surface area (Å²) in [7, 11) is 0. The molecule has 1 aromatic carbocycles. The number of benzene rings is 1. The van der Waals surface area contributed by atoms with Crippen molar-refractivity contribution in [2.24, 2.45) is 5.92 Å². The maximum atomic E-state index is 12.9. The van der Waals surface area contributed by atoms with Crippen LogP contribution in [0, 0.1) is 5.92 Å². The summed E-state index contributed by atoms with van der Waals surface area (Å²) in [6.45, 7) is 6.01. The molecule has 4 rings (SSSR count). The Balaban J connectivity index is 1.58. The van der Waals surface area contributed by atoms with Crippen molar-refractivity contribution in [3.63, 3.8) is 0 Å². The van der Waals surface area contributed by atoms with Gasteiger partial charge in [0.1, 0.15) is 4.83 Å². The molecule has 0 spiro atoms. The molecule has 0 fully saturated rings.